The van der Waals surface area contributed by atoms with E-state index in [4.69, 9.17) is 9.47 Å². The van der Waals surface area contributed by atoms with Crippen LogP contribution in [-0.2, 0) is 21.4 Å². The first-order chi connectivity index (χ1) is 16.3. The zero-order valence-electron chi connectivity index (χ0n) is 19.4. The lowest BCUT2D eigenvalue weighted by atomic mass is 10.1. The molecule has 1 aromatic heterocycles. The molecule has 9 nitrogen and oxygen atoms in total. The molecule has 0 aliphatic carbocycles. The van der Waals surface area contributed by atoms with Crippen molar-refractivity contribution in [2.24, 2.45) is 5.92 Å². The van der Waals surface area contributed by atoms with Gasteiger partial charge in [-0.2, -0.15) is 4.72 Å². The fourth-order valence-corrected chi connectivity index (χ4v) is 5.16. The van der Waals surface area contributed by atoms with E-state index in [9.17, 15) is 13.2 Å². The Bertz CT molecular complexity index is 1260. The van der Waals surface area contributed by atoms with Crippen molar-refractivity contribution in [3.8, 4) is 11.5 Å². The lowest BCUT2D eigenvalue weighted by Crippen LogP contribution is -2.49. The molecule has 2 heterocycles. The largest absolute Gasteiger partial charge is 0.490 e. The molecule has 1 aliphatic rings. The molecule has 0 fully saturated rings. The summed E-state index contributed by atoms with van der Waals surface area (Å²) in [6, 6.07) is 11.4. The minimum absolute atomic E-state index is 0.0298. The van der Waals surface area contributed by atoms with Crippen molar-refractivity contribution in [2.45, 2.75) is 44.2 Å². The quantitative estimate of drug-likeness (QED) is 0.450. The minimum Gasteiger partial charge on any atom is -0.490 e. The second-order valence-corrected chi connectivity index (χ2v) is 10.3. The molecule has 0 radical (unpaired) electrons. The van der Waals surface area contributed by atoms with Gasteiger partial charge < -0.3 is 19.4 Å². The predicted octanol–water partition coefficient (Wildman–Crippen LogP) is 2.71. The summed E-state index contributed by atoms with van der Waals surface area (Å²) in [6.07, 6.45) is 3.19. The number of carbonyl (C=O) groups excluding carboxylic acids is 1. The molecule has 2 N–H and O–H groups in total. The second kappa shape index (κ2) is 10.4. The molecule has 0 spiro atoms. The lowest BCUT2D eigenvalue weighted by molar-refractivity contribution is -0.123. The van der Waals surface area contributed by atoms with Crippen LogP contribution >= 0.6 is 0 Å². The van der Waals surface area contributed by atoms with Crippen LogP contribution in [0.3, 0.4) is 0 Å². The number of para-hydroxylation sites is 2. The average molecular weight is 487 g/mol. The lowest BCUT2D eigenvalue weighted by Gasteiger charge is -2.22. The van der Waals surface area contributed by atoms with Crippen molar-refractivity contribution in [1.82, 2.24) is 19.6 Å². The van der Waals surface area contributed by atoms with E-state index in [-0.39, 0.29) is 16.7 Å². The maximum absolute atomic E-state index is 13.0. The van der Waals surface area contributed by atoms with Crippen LogP contribution < -0.4 is 19.5 Å². The number of aromatic nitrogens is 2. The fourth-order valence-electron chi connectivity index (χ4n) is 3.80. The third-order valence-corrected chi connectivity index (χ3v) is 7.10. The van der Waals surface area contributed by atoms with Crippen LogP contribution in [0, 0.1) is 5.92 Å². The van der Waals surface area contributed by atoms with Gasteiger partial charge in [0, 0.05) is 25.6 Å². The minimum atomic E-state index is -3.94. The van der Waals surface area contributed by atoms with E-state index in [1.165, 1.54) is 12.1 Å². The van der Waals surface area contributed by atoms with Gasteiger partial charge in [-0.3, -0.25) is 4.79 Å². The maximum Gasteiger partial charge on any atom is 0.241 e. The van der Waals surface area contributed by atoms with Gasteiger partial charge in [-0.25, -0.2) is 13.4 Å². The van der Waals surface area contributed by atoms with E-state index in [0.29, 0.717) is 44.2 Å². The number of amides is 1. The van der Waals surface area contributed by atoms with Gasteiger partial charge in [0.05, 0.1) is 35.5 Å². The summed E-state index contributed by atoms with van der Waals surface area (Å²) in [5.74, 6) is 0.300. The summed E-state index contributed by atoms with van der Waals surface area (Å²) in [5, 5.41) is 2.86. The maximum atomic E-state index is 13.0. The smallest absolute Gasteiger partial charge is 0.241 e. The number of carbonyl (C=O) groups is 1. The topological polar surface area (TPSA) is 112 Å². The highest BCUT2D eigenvalue weighted by molar-refractivity contribution is 7.89. The third-order valence-electron chi connectivity index (χ3n) is 5.66. The molecule has 10 heteroatoms. The van der Waals surface area contributed by atoms with Gasteiger partial charge in [-0.15, -0.1) is 0 Å². The fraction of sp³-hybridized carbons (Fsp3) is 0.417. The number of fused-ring (bicyclic) bond motifs is 2. The Morgan fingerprint density at radius 2 is 1.88 bits per heavy atom. The van der Waals surface area contributed by atoms with Crippen LogP contribution in [0.2, 0.25) is 0 Å². The Morgan fingerprint density at radius 3 is 2.68 bits per heavy atom. The summed E-state index contributed by atoms with van der Waals surface area (Å²) in [5.41, 5.74) is 1.97. The van der Waals surface area contributed by atoms with Crippen molar-refractivity contribution in [2.75, 3.05) is 19.8 Å². The standard InChI is InChI=1S/C24H30N4O5S/c1-17(2)23(24(29)25-11-5-12-28-16-26-19-7-3-4-8-20(19)28)27-34(30,31)18-9-10-21-22(15-18)33-14-6-13-32-21/h3-4,7-10,15-17,23,27H,5-6,11-14H2,1-2H3,(H,25,29). The van der Waals surface area contributed by atoms with Gasteiger partial charge >= 0.3 is 0 Å². The Hall–Kier alpha value is -3.11. The molecule has 4 rings (SSSR count). The molecule has 0 saturated heterocycles. The summed E-state index contributed by atoms with van der Waals surface area (Å²) < 4.78 is 41.8. The highest BCUT2D eigenvalue weighted by Gasteiger charge is 2.29. The molecule has 2 aromatic carbocycles. The van der Waals surface area contributed by atoms with Gasteiger partial charge in [0.1, 0.15) is 6.04 Å². The summed E-state index contributed by atoms with van der Waals surface area (Å²) in [4.78, 5) is 17.2. The van der Waals surface area contributed by atoms with Crippen LogP contribution in [0.25, 0.3) is 11.0 Å². The van der Waals surface area contributed by atoms with Crippen LogP contribution in [0.15, 0.2) is 53.7 Å². The number of hydrogen-bond acceptors (Lipinski definition) is 6. The Kier molecular flexibility index (Phi) is 7.38. The number of ether oxygens (including phenoxy) is 2. The molecular weight excluding hydrogens is 456 g/mol. The number of benzene rings is 2. The molecule has 1 unspecified atom stereocenters. The molecule has 182 valence electrons. The second-order valence-electron chi connectivity index (χ2n) is 8.57. The SMILES string of the molecule is CC(C)C(NS(=O)(=O)c1ccc2c(c1)OCCCO2)C(=O)NCCCn1cnc2ccccc21. The molecule has 1 amide bonds. The summed E-state index contributed by atoms with van der Waals surface area (Å²) in [7, 11) is -3.94. The first kappa shape index (κ1) is 24.0. The van der Waals surface area contributed by atoms with E-state index in [1.807, 2.05) is 28.8 Å². The van der Waals surface area contributed by atoms with Crippen molar-refractivity contribution in [1.29, 1.82) is 0 Å². The first-order valence-electron chi connectivity index (χ1n) is 11.4. The van der Waals surface area contributed by atoms with E-state index in [1.54, 1.807) is 26.2 Å². The van der Waals surface area contributed by atoms with Crippen molar-refractivity contribution < 1.29 is 22.7 Å². The average Bonchev–Trinajstić information content (AvgIpc) is 3.08. The summed E-state index contributed by atoms with van der Waals surface area (Å²) in [6.45, 7) is 5.69. The van der Waals surface area contributed by atoms with Crippen molar-refractivity contribution in [3.05, 3.63) is 48.8 Å². The predicted molar refractivity (Wildman–Crippen MR) is 128 cm³/mol. The zero-order valence-corrected chi connectivity index (χ0v) is 20.2. The third kappa shape index (κ3) is 5.51. The van der Waals surface area contributed by atoms with E-state index in [0.717, 1.165) is 17.5 Å². The van der Waals surface area contributed by atoms with Gasteiger partial charge in [0.15, 0.2) is 11.5 Å². The number of imidazole rings is 1. The Balaban J connectivity index is 1.36. The Morgan fingerprint density at radius 1 is 1.12 bits per heavy atom. The van der Waals surface area contributed by atoms with Crippen molar-refractivity contribution in [3.63, 3.8) is 0 Å². The molecule has 34 heavy (non-hydrogen) atoms. The van der Waals surface area contributed by atoms with Crippen molar-refractivity contribution >= 4 is 27.0 Å². The molecule has 3 aromatic rings. The van der Waals surface area contributed by atoms with Gasteiger partial charge in [0.2, 0.25) is 15.9 Å². The molecule has 1 atom stereocenters. The number of aryl methyl sites for hydroxylation is 1. The molecule has 0 saturated carbocycles. The van der Waals surface area contributed by atoms with Gasteiger partial charge in [-0.1, -0.05) is 26.0 Å². The number of rotatable bonds is 9. The zero-order chi connectivity index (χ0) is 24.1. The monoisotopic (exact) mass is 486 g/mol. The Labute approximate surface area is 199 Å². The van der Waals surface area contributed by atoms with Crippen LogP contribution in [0.1, 0.15) is 26.7 Å². The van der Waals surface area contributed by atoms with E-state index >= 15 is 0 Å². The number of nitrogens with zero attached hydrogens (tertiary/aromatic N) is 2. The van der Waals surface area contributed by atoms with Crippen LogP contribution in [0.5, 0.6) is 11.5 Å². The molecular formula is C24H30N4O5S. The normalized spacial score (nSPS) is 14.7. The van der Waals surface area contributed by atoms with Gasteiger partial charge in [0.25, 0.3) is 0 Å². The highest BCUT2D eigenvalue weighted by atomic mass is 32.2. The number of nitrogens with one attached hydrogen (secondary N) is 2. The van der Waals surface area contributed by atoms with Gasteiger partial charge in [-0.05, 0) is 36.6 Å². The molecule has 0 bridgehead atoms. The molecule has 1 aliphatic heterocycles. The van der Waals surface area contributed by atoms with E-state index < -0.39 is 16.1 Å². The first-order valence-corrected chi connectivity index (χ1v) is 12.9. The number of hydrogen-bond donors (Lipinski definition) is 2. The van der Waals surface area contributed by atoms with E-state index in [2.05, 4.69) is 15.0 Å². The number of sulfonamides is 1. The van der Waals surface area contributed by atoms with Crippen LogP contribution in [-0.4, -0.2) is 49.7 Å². The summed E-state index contributed by atoms with van der Waals surface area (Å²) >= 11 is 0. The highest BCUT2D eigenvalue weighted by Crippen LogP contribution is 2.32. The van der Waals surface area contributed by atoms with Crippen LogP contribution in [0.4, 0.5) is 0 Å².